The third-order valence-corrected chi connectivity index (χ3v) is 5.06. The Morgan fingerprint density at radius 3 is 2.93 bits per heavy atom. The molecule has 4 aromatic rings. The number of aryl methyl sites for hydroxylation is 1. The molecule has 0 spiro atoms. The van der Waals surface area contributed by atoms with Crippen molar-refractivity contribution in [1.29, 1.82) is 0 Å². The van der Waals surface area contributed by atoms with E-state index in [2.05, 4.69) is 43.6 Å². The molecule has 1 unspecified atom stereocenters. The molecule has 0 N–H and O–H groups in total. The Hall–Kier alpha value is -3.10. The van der Waals surface area contributed by atoms with Crippen LogP contribution in [0.25, 0.3) is 16.6 Å². The highest BCUT2D eigenvalue weighted by Crippen LogP contribution is 2.27. The average molecular weight is 375 g/mol. The largest absolute Gasteiger partial charge is 0.369 e. The molecule has 1 aliphatic rings. The monoisotopic (exact) mass is 375 g/mol. The molecule has 1 aliphatic heterocycles. The Kier molecular flexibility index (Phi) is 4.34. The summed E-state index contributed by atoms with van der Waals surface area (Å²) in [6, 6.07) is 8.10. The van der Waals surface area contributed by atoms with E-state index in [-0.39, 0.29) is 6.10 Å². The van der Waals surface area contributed by atoms with Crippen molar-refractivity contribution < 1.29 is 4.74 Å². The molecule has 0 bridgehead atoms. The maximum Gasteiger partial charge on any atom is 0.121 e. The maximum atomic E-state index is 6.03. The minimum absolute atomic E-state index is 0.0906. The molecule has 5 rings (SSSR count). The lowest BCUT2D eigenvalue weighted by molar-refractivity contribution is -0.0343. The Morgan fingerprint density at radius 2 is 2.11 bits per heavy atom. The van der Waals surface area contributed by atoms with Crippen LogP contribution in [0.2, 0.25) is 0 Å². The number of ether oxygens (including phenoxy) is 1. The third-order valence-electron chi connectivity index (χ3n) is 5.06. The van der Waals surface area contributed by atoms with Crippen molar-refractivity contribution in [3.05, 3.63) is 66.5 Å². The van der Waals surface area contributed by atoms with Gasteiger partial charge in [0.15, 0.2) is 0 Å². The van der Waals surface area contributed by atoms with Crippen molar-refractivity contribution in [1.82, 2.24) is 34.5 Å². The Morgan fingerprint density at radius 1 is 1.14 bits per heavy atom. The van der Waals surface area contributed by atoms with Crippen LogP contribution >= 0.6 is 0 Å². The highest BCUT2D eigenvalue weighted by atomic mass is 16.5. The number of nitrogens with zero attached hydrogens (tertiary/aromatic N) is 7. The van der Waals surface area contributed by atoms with Crippen LogP contribution in [0.4, 0.5) is 0 Å². The van der Waals surface area contributed by atoms with Crippen molar-refractivity contribution in [2.75, 3.05) is 19.7 Å². The van der Waals surface area contributed by atoms with Gasteiger partial charge in [-0.15, -0.1) is 5.10 Å². The van der Waals surface area contributed by atoms with Gasteiger partial charge in [-0.2, -0.15) is 5.10 Å². The smallest absolute Gasteiger partial charge is 0.121 e. The summed E-state index contributed by atoms with van der Waals surface area (Å²) in [6.07, 6.45) is 9.48. The predicted molar refractivity (Wildman–Crippen MR) is 103 cm³/mol. The lowest BCUT2D eigenvalue weighted by Gasteiger charge is -2.31. The summed E-state index contributed by atoms with van der Waals surface area (Å²) in [5.74, 6) is 0. The molecule has 8 heteroatoms. The summed E-state index contributed by atoms with van der Waals surface area (Å²) in [4.78, 5) is 6.56. The van der Waals surface area contributed by atoms with E-state index in [1.54, 1.807) is 6.20 Å². The Balaban J connectivity index is 1.38. The van der Waals surface area contributed by atoms with Crippen LogP contribution in [-0.4, -0.2) is 54.2 Å². The van der Waals surface area contributed by atoms with Gasteiger partial charge in [-0.05, 0) is 12.1 Å². The third kappa shape index (κ3) is 3.28. The molecule has 1 atom stereocenters. The van der Waals surface area contributed by atoms with E-state index in [0.717, 1.165) is 42.0 Å². The van der Waals surface area contributed by atoms with Crippen molar-refractivity contribution in [3.8, 4) is 11.1 Å². The molecule has 8 nitrogen and oxygen atoms in total. The molecule has 0 radical (unpaired) electrons. The molecule has 1 saturated heterocycles. The number of fused-ring (bicyclic) bond motifs is 1. The fourth-order valence-corrected chi connectivity index (χ4v) is 3.67. The first kappa shape index (κ1) is 17.0. The van der Waals surface area contributed by atoms with E-state index in [0.29, 0.717) is 6.61 Å². The van der Waals surface area contributed by atoms with E-state index in [1.165, 1.54) is 5.56 Å². The molecule has 142 valence electrons. The van der Waals surface area contributed by atoms with Gasteiger partial charge in [0.25, 0.3) is 0 Å². The molecular formula is C20H21N7O. The van der Waals surface area contributed by atoms with Gasteiger partial charge in [0.2, 0.25) is 0 Å². The van der Waals surface area contributed by atoms with Crippen molar-refractivity contribution in [2.24, 2.45) is 7.05 Å². The number of aromatic nitrogens is 6. The van der Waals surface area contributed by atoms with Gasteiger partial charge < -0.3 is 4.74 Å². The summed E-state index contributed by atoms with van der Waals surface area (Å²) in [6.45, 7) is 3.22. The van der Waals surface area contributed by atoms with Crippen LogP contribution in [-0.2, 0) is 18.3 Å². The van der Waals surface area contributed by atoms with E-state index in [4.69, 9.17) is 4.74 Å². The summed E-state index contributed by atoms with van der Waals surface area (Å²) >= 11 is 0. The lowest BCUT2D eigenvalue weighted by Crippen LogP contribution is -2.38. The highest BCUT2D eigenvalue weighted by Gasteiger charge is 2.26. The zero-order valence-corrected chi connectivity index (χ0v) is 15.6. The zero-order chi connectivity index (χ0) is 18.9. The fourth-order valence-electron chi connectivity index (χ4n) is 3.67. The molecule has 1 fully saturated rings. The highest BCUT2D eigenvalue weighted by molar-refractivity contribution is 5.65. The van der Waals surface area contributed by atoms with E-state index in [9.17, 15) is 0 Å². The van der Waals surface area contributed by atoms with Crippen LogP contribution in [0, 0.1) is 0 Å². The number of hydrogen-bond donors (Lipinski definition) is 0. The summed E-state index contributed by atoms with van der Waals surface area (Å²) in [7, 11) is 1.94. The average Bonchev–Trinajstić information content (AvgIpc) is 3.34. The van der Waals surface area contributed by atoms with Crippen LogP contribution in [0.15, 0.2) is 55.2 Å². The Labute approximate surface area is 162 Å². The van der Waals surface area contributed by atoms with Crippen LogP contribution in [0.5, 0.6) is 0 Å². The minimum atomic E-state index is -0.0906. The number of pyridine rings is 2. The summed E-state index contributed by atoms with van der Waals surface area (Å²) < 4.78 is 9.68. The second-order valence-corrected chi connectivity index (χ2v) is 7.08. The van der Waals surface area contributed by atoms with Gasteiger partial charge in [-0.25, -0.2) is 4.52 Å². The van der Waals surface area contributed by atoms with Gasteiger partial charge in [-0.1, -0.05) is 17.3 Å². The Bertz CT molecular complexity index is 1090. The summed E-state index contributed by atoms with van der Waals surface area (Å²) in [5.41, 5.74) is 5.17. The first-order valence-electron chi connectivity index (χ1n) is 9.33. The van der Waals surface area contributed by atoms with Gasteiger partial charge in [0.1, 0.15) is 11.8 Å². The molecule has 5 heterocycles. The molecular weight excluding hydrogens is 354 g/mol. The molecule has 0 aliphatic carbocycles. The molecule has 0 aromatic carbocycles. The first-order chi connectivity index (χ1) is 13.8. The quantitative estimate of drug-likeness (QED) is 0.544. The first-order valence-corrected chi connectivity index (χ1v) is 9.33. The van der Waals surface area contributed by atoms with E-state index in [1.807, 2.05) is 47.0 Å². The maximum absolute atomic E-state index is 6.03. The van der Waals surface area contributed by atoms with E-state index >= 15 is 0 Å². The molecule has 0 saturated carbocycles. The molecule has 28 heavy (non-hydrogen) atoms. The lowest BCUT2D eigenvalue weighted by atomic mass is 10.1. The SMILES string of the molecule is Cn1cc(CN2CCOC(c3nnn4cc(-c5cccnc5)ccc34)C2)cn1. The van der Waals surface area contributed by atoms with Gasteiger partial charge >= 0.3 is 0 Å². The summed E-state index contributed by atoms with van der Waals surface area (Å²) in [5, 5.41) is 13.0. The van der Waals surface area contributed by atoms with Gasteiger partial charge in [0, 0.05) is 68.2 Å². The van der Waals surface area contributed by atoms with Crippen molar-refractivity contribution in [2.45, 2.75) is 12.6 Å². The number of rotatable bonds is 4. The fraction of sp³-hybridized carbons (Fsp3) is 0.300. The van der Waals surface area contributed by atoms with Crippen molar-refractivity contribution >= 4 is 5.52 Å². The predicted octanol–water partition coefficient (Wildman–Crippen LogP) is 2.10. The van der Waals surface area contributed by atoms with Gasteiger partial charge in [-0.3, -0.25) is 14.6 Å². The van der Waals surface area contributed by atoms with E-state index < -0.39 is 0 Å². The number of morpholine rings is 1. The normalized spacial score (nSPS) is 18.0. The second-order valence-electron chi connectivity index (χ2n) is 7.08. The second kappa shape index (κ2) is 7.14. The van der Waals surface area contributed by atoms with Gasteiger partial charge in [0.05, 0.1) is 18.3 Å². The van der Waals surface area contributed by atoms with Crippen LogP contribution in [0.3, 0.4) is 0 Å². The van der Waals surface area contributed by atoms with Crippen LogP contribution in [0.1, 0.15) is 17.4 Å². The minimum Gasteiger partial charge on any atom is -0.369 e. The topological polar surface area (TPSA) is 73.4 Å². The standard InChI is InChI=1S/C20H21N7O/c1-25-11-15(9-22-25)12-26-7-8-28-19(14-26)20-18-5-4-17(13-27(18)24-23-20)16-3-2-6-21-10-16/h2-6,9-11,13,19H,7-8,12,14H2,1H3. The molecule has 0 amide bonds. The number of hydrogen-bond acceptors (Lipinski definition) is 6. The van der Waals surface area contributed by atoms with Crippen LogP contribution < -0.4 is 0 Å². The van der Waals surface area contributed by atoms with Crippen molar-refractivity contribution in [3.63, 3.8) is 0 Å². The molecule has 4 aromatic heterocycles. The zero-order valence-electron chi connectivity index (χ0n) is 15.6.